The molecule has 132 valence electrons. The fourth-order valence-electron chi connectivity index (χ4n) is 2.74. The van der Waals surface area contributed by atoms with Crippen molar-refractivity contribution in [3.63, 3.8) is 0 Å². The average Bonchev–Trinajstić information content (AvgIpc) is 2.92. The summed E-state index contributed by atoms with van der Waals surface area (Å²) in [6.07, 6.45) is 2.42. The maximum atomic E-state index is 12.5. The number of carboxylic acids is 1. The Bertz CT molecular complexity index is 903. The van der Waals surface area contributed by atoms with E-state index in [2.05, 4.69) is 5.32 Å². The Labute approximate surface area is 155 Å². The predicted octanol–water partition coefficient (Wildman–Crippen LogP) is 3.07. The Hall–Kier alpha value is -2.86. The van der Waals surface area contributed by atoms with Gasteiger partial charge in [0.2, 0.25) is 12.2 Å². The highest BCUT2D eigenvalue weighted by Crippen LogP contribution is 2.41. The van der Waals surface area contributed by atoms with Crippen LogP contribution in [0.4, 0.5) is 0 Å². The number of carbonyl (C=O) groups excluding carboxylic acids is 2. The molecule has 3 rings (SSSR count). The fourth-order valence-corrected chi connectivity index (χ4v) is 3.77. The van der Waals surface area contributed by atoms with Gasteiger partial charge >= 0.3 is 5.97 Å². The van der Waals surface area contributed by atoms with Gasteiger partial charge in [-0.2, -0.15) is 0 Å². The standard InChI is InChI=1S/C20H17NO4S/c1-12-2-7-17-15(8-12)19(23)18(26-17)10-14-5-3-13(4-6-14)9-16(20(24)25)21-11-22/h2-8,10-11,16H,9H2,1H3,(H,21,22)(H,24,25)/b18-10+/t16-/m0/s1. The first-order valence-corrected chi connectivity index (χ1v) is 8.86. The topological polar surface area (TPSA) is 83.5 Å². The van der Waals surface area contributed by atoms with Gasteiger partial charge in [-0.25, -0.2) is 4.79 Å². The summed E-state index contributed by atoms with van der Waals surface area (Å²) in [4.78, 5) is 35.7. The van der Waals surface area contributed by atoms with Crippen LogP contribution in [-0.2, 0) is 16.0 Å². The molecule has 0 bridgehead atoms. The molecule has 0 spiro atoms. The van der Waals surface area contributed by atoms with Gasteiger partial charge in [0.1, 0.15) is 6.04 Å². The number of aliphatic carboxylic acids is 1. The molecule has 0 saturated carbocycles. The van der Waals surface area contributed by atoms with E-state index >= 15 is 0 Å². The van der Waals surface area contributed by atoms with Crippen molar-refractivity contribution in [2.45, 2.75) is 24.3 Å². The van der Waals surface area contributed by atoms with E-state index in [1.54, 1.807) is 12.1 Å². The SMILES string of the molecule is Cc1ccc2c(c1)C(=O)/C(=C\c1ccc(C[C@H](NC=O)C(=O)O)cc1)S2. The Kier molecular flexibility index (Phi) is 5.23. The van der Waals surface area contributed by atoms with Gasteiger partial charge in [-0.3, -0.25) is 9.59 Å². The maximum Gasteiger partial charge on any atom is 0.326 e. The summed E-state index contributed by atoms with van der Waals surface area (Å²) < 4.78 is 0. The number of amides is 1. The third-order valence-electron chi connectivity index (χ3n) is 4.11. The van der Waals surface area contributed by atoms with Crippen molar-refractivity contribution >= 4 is 36.0 Å². The molecule has 1 aliphatic rings. The number of Topliss-reactive ketones (excluding diaryl/α,β-unsaturated/α-hetero) is 1. The number of allylic oxidation sites excluding steroid dienone is 1. The molecule has 0 fully saturated rings. The number of hydrogen-bond acceptors (Lipinski definition) is 4. The fraction of sp³-hybridized carbons (Fsp3) is 0.150. The zero-order valence-electron chi connectivity index (χ0n) is 14.1. The minimum absolute atomic E-state index is 0.0268. The normalized spacial score (nSPS) is 15.6. The Morgan fingerprint density at radius 1 is 1.23 bits per heavy atom. The molecule has 0 saturated heterocycles. The van der Waals surface area contributed by atoms with Crippen molar-refractivity contribution in [2.75, 3.05) is 0 Å². The summed E-state index contributed by atoms with van der Waals surface area (Å²) >= 11 is 1.46. The Morgan fingerprint density at radius 3 is 2.62 bits per heavy atom. The van der Waals surface area contributed by atoms with Crippen LogP contribution >= 0.6 is 11.8 Å². The number of nitrogens with one attached hydrogen (secondary N) is 1. The Morgan fingerprint density at radius 2 is 1.96 bits per heavy atom. The lowest BCUT2D eigenvalue weighted by Crippen LogP contribution is -2.37. The molecular weight excluding hydrogens is 350 g/mol. The average molecular weight is 367 g/mol. The van der Waals surface area contributed by atoms with E-state index in [1.807, 2.05) is 43.3 Å². The number of thioether (sulfide) groups is 1. The van der Waals surface area contributed by atoms with Crippen LogP contribution in [0.25, 0.3) is 6.08 Å². The zero-order chi connectivity index (χ0) is 18.7. The molecule has 1 amide bonds. The lowest BCUT2D eigenvalue weighted by Gasteiger charge is -2.11. The van der Waals surface area contributed by atoms with Crippen molar-refractivity contribution in [1.82, 2.24) is 5.32 Å². The number of carboxylic acid groups (broad SMARTS) is 1. The molecule has 0 aromatic heterocycles. The van der Waals surface area contributed by atoms with E-state index in [4.69, 9.17) is 5.11 Å². The molecule has 2 aromatic carbocycles. The lowest BCUT2D eigenvalue weighted by atomic mass is 10.0. The quantitative estimate of drug-likeness (QED) is 0.606. The van der Waals surface area contributed by atoms with Crippen molar-refractivity contribution in [3.8, 4) is 0 Å². The third kappa shape index (κ3) is 3.86. The van der Waals surface area contributed by atoms with Crippen LogP contribution in [0.1, 0.15) is 27.0 Å². The minimum Gasteiger partial charge on any atom is -0.480 e. The van der Waals surface area contributed by atoms with Gasteiger partial charge in [0.05, 0.1) is 4.91 Å². The number of fused-ring (bicyclic) bond motifs is 1. The Balaban J connectivity index is 1.76. The van der Waals surface area contributed by atoms with Gasteiger partial charge in [0, 0.05) is 16.9 Å². The van der Waals surface area contributed by atoms with Gasteiger partial charge in [-0.05, 0) is 36.3 Å². The number of ketones is 1. The summed E-state index contributed by atoms with van der Waals surface area (Å²) in [5.74, 6) is -1.05. The van der Waals surface area contributed by atoms with E-state index in [0.717, 1.165) is 27.1 Å². The first kappa shape index (κ1) is 17.9. The lowest BCUT2D eigenvalue weighted by molar-refractivity contribution is -0.140. The largest absolute Gasteiger partial charge is 0.480 e. The van der Waals surface area contributed by atoms with Crippen molar-refractivity contribution < 1.29 is 19.5 Å². The van der Waals surface area contributed by atoms with Gasteiger partial charge in [0.25, 0.3) is 0 Å². The van der Waals surface area contributed by atoms with E-state index < -0.39 is 12.0 Å². The molecule has 1 heterocycles. The molecule has 0 unspecified atom stereocenters. The molecule has 1 atom stereocenters. The first-order valence-electron chi connectivity index (χ1n) is 8.04. The monoisotopic (exact) mass is 367 g/mol. The van der Waals surface area contributed by atoms with Crippen molar-refractivity contribution in [1.29, 1.82) is 0 Å². The van der Waals surface area contributed by atoms with Gasteiger partial charge < -0.3 is 10.4 Å². The summed E-state index contributed by atoms with van der Waals surface area (Å²) in [5, 5.41) is 11.4. The van der Waals surface area contributed by atoms with Crippen LogP contribution in [0.15, 0.2) is 52.3 Å². The van der Waals surface area contributed by atoms with Crippen LogP contribution < -0.4 is 5.32 Å². The minimum atomic E-state index is -1.08. The van der Waals surface area contributed by atoms with Crippen molar-refractivity contribution in [2.24, 2.45) is 0 Å². The smallest absolute Gasteiger partial charge is 0.326 e. The van der Waals surface area contributed by atoms with Crippen LogP contribution in [0.3, 0.4) is 0 Å². The molecular formula is C20H17NO4S. The van der Waals surface area contributed by atoms with Crippen molar-refractivity contribution in [3.05, 3.63) is 69.6 Å². The third-order valence-corrected chi connectivity index (χ3v) is 5.21. The van der Waals surface area contributed by atoms with E-state index in [9.17, 15) is 14.4 Å². The number of benzene rings is 2. The summed E-state index contributed by atoms with van der Waals surface area (Å²) in [5.41, 5.74) is 3.45. The molecule has 2 N–H and O–H groups in total. The zero-order valence-corrected chi connectivity index (χ0v) is 14.9. The van der Waals surface area contributed by atoms with Crippen LogP contribution in [0.2, 0.25) is 0 Å². The van der Waals surface area contributed by atoms with Crippen LogP contribution in [-0.4, -0.2) is 29.3 Å². The first-order chi connectivity index (χ1) is 12.5. The van der Waals surface area contributed by atoms with E-state index in [1.165, 1.54) is 11.8 Å². The number of rotatable bonds is 6. The molecule has 1 aliphatic heterocycles. The molecule has 5 nitrogen and oxygen atoms in total. The highest BCUT2D eigenvalue weighted by Gasteiger charge is 2.25. The second-order valence-corrected chi connectivity index (χ2v) is 7.14. The highest BCUT2D eigenvalue weighted by molar-refractivity contribution is 8.04. The van der Waals surface area contributed by atoms with Crippen LogP contribution in [0.5, 0.6) is 0 Å². The van der Waals surface area contributed by atoms with Crippen LogP contribution in [0, 0.1) is 6.92 Å². The highest BCUT2D eigenvalue weighted by atomic mass is 32.2. The molecule has 6 heteroatoms. The predicted molar refractivity (Wildman–Crippen MR) is 100 cm³/mol. The van der Waals surface area contributed by atoms with Gasteiger partial charge in [-0.15, -0.1) is 0 Å². The van der Waals surface area contributed by atoms with E-state index in [0.29, 0.717) is 11.3 Å². The number of carbonyl (C=O) groups is 3. The number of hydrogen-bond donors (Lipinski definition) is 2. The molecule has 2 aromatic rings. The van der Waals surface area contributed by atoms with E-state index in [-0.39, 0.29) is 12.2 Å². The second-order valence-electron chi connectivity index (χ2n) is 6.06. The summed E-state index contributed by atoms with van der Waals surface area (Å²) in [7, 11) is 0. The molecule has 0 radical (unpaired) electrons. The van der Waals surface area contributed by atoms with Gasteiger partial charge in [0.15, 0.2) is 0 Å². The number of aryl methyl sites for hydroxylation is 1. The van der Waals surface area contributed by atoms with Gasteiger partial charge in [-0.1, -0.05) is 47.7 Å². The second kappa shape index (κ2) is 7.58. The summed E-state index contributed by atoms with van der Waals surface area (Å²) in [6.45, 7) is 1.96. The summed E-state index contributed by atoms with van der Waals surface area (Å²) in [6, 6.07) is 12.2. The molecule has 0 aliphatic carbocycles. The molecule has 26 heavy (non-hydrogen) atoms. The maximum absolute atomic E-state index is 12.5.